The first-order valence-electron chi connectivity index (χ1n) is 6.09. The van der Waals surface area contributed by atoms with Crippen molar-refractivity contribution in [3.8, 4) is 0 Å². The molecule has 0 atom stereocenters. The first-order chi connectivity index (χ1) is 8.69. The second-order valence-electron chi connectivity index (χ2n) is 5.30. The van der Waals surface area contributed by atoms with Crippen LogP contribution in [-0.4, -0.2) is 35.1 Å². The SMILES string of the molecule is CN(CC(C)(C)O)C(=O)CCc1ccc(Br)cc1F. The molecule has 106 valence electrons. The van der Waals surface area contributed by atoms with E-state index < -0.39 is 5.60 Å². The van der Waals surface area contributed by atoms with Gasteiger partial charge >= 0.3 is 0 Å². The molecule has 0 aromatic heterocycles. The van der Waals surface area contributed by atoms with Crippen LogP contribution in [0.2, 0.25) is 0 Å². The van der Waals surface area contributed by atoms with Crippen LogP contribution in [0.15, 0.2) is 22.7 Å². The lowest BCUT2D eigenvalue weighted by atomic mass is 10.1. The fourth-order valence-electron chi connectivity index (χ4n) is 1.83. The van der Waals surface area contributed by atoms with Crippen molar-refractivity contribution >= 4 is 21.8 Å². The van der Waals surface area contributed by atoms with E-state index in [0.29, 0.717) is 16.5 Å². The normalized spacial score (nSPS) is 11.5. The highest BCUT2D eigenvalue weighted by Crippen LogP contribution is 2.17. The number of amides is 1. The molecule has 0 aliphatic carbocycles. The van der Waals surface area contributed by atoms with Crippen molar-refractivity contribution in [1.29, 1.82) is 0 Å². The summed E-state index contributed by atoms with van der Waals surface area (Å²) in [5.74, 6) is -0.420. The lowest BCUT2D eigenvalue weighted by molar-refractivity contribution is -0.132. The molecule has 0 aliphatic heterocycles. The number of rotatable bonds is 5. The molecule has 3 nitrogen and oxygen atoms in total. The number of aliphatic hydroxyl groups is 1. The van der Waals surface area contributed by atoms with E-state index in [2.05, 4.69) is 15.9 Å². The Morgan fingerprint density at radius 3 is 2.63 bits per heavy atom. The number of hydrogen-bond acceptors (Lipinski definition) is 2. The van der Waals surface area contributed by atoms with Crippen molar-refractivity contribution < 1.29 is 14.3 Å². The van der Waals surface area contributed by atoms with Crippen LogP contribution in [0.3, 0.4) is 0 Å². The minimum Gasteiger partial charge on any atom is -0.389 e. The number of carbonyl (C=O) groups excluding carboxylic acids is 1. The first kappa shape index (κ1) is 16.1. The zero-order valence-corrected chi connectivity index (χ0v) is 13.0. The molecule has 0 radical (unpaired) electrons. The van der Waals surface area contributed by atoms with Crippen LogP contribution in [0, 0.1) is 5.82 Å². The minimum absolute atomic E-state index is 0.107. The molecule has 0 spiro atoms. The Hall–Kier alpha value is -0.940. The van der Waals surface area contributed by atoms with E-state index in [-0.39, 0.29) is 24.7 Å². The van der Waals surface area contributed by atoms with Crippen LogP contribution in [0.4, 0.5) is 4.39 Å². The number of halogens is 2. The largest absolute Gasteiger partial charge is 0.389 e. The summed E-state index contributed by atoms with van der Waals surface area (Å²) in [6.45, 7) is 3.55. The van der Waals surface area contributed by atoms with E-state index in [4.69, 9.17) is 0 Å². The van der Waals surface area contributed by atoms with Crippen LogP contribution in [0.5, 0.6) is 0 Å². The number of nitrogens with zero attached hydrogens (tertiary/aromatic N) is 1. The van der Waals surface area contributed by atoms with Crippen LogP contribution >= 0.6 is 15.9 Å². The maximum Gasteiger partial charge on any atom is 0.222 e. The molecule has 1 amide bonds. The summed E-state index contributed by atoms with van der Waals surface area (Å²) in [6.07, 6.45) is 0.583. The third kappa shape index (κ3) is 5.70. The van der Waals surface area contributed by atoms with Crippen molar-refractivity contribution in [3.05, 3.63) is 34.1 Å². The van der Waals surface area contributed by atoms with Crippen LogP contribution in [0.25, 0.3) is 0 Å². The Kier molecular flexibility index (Phi) is 5.50. The van der Waals surface area contributed by atoms with Gasteiger partial charge in [0.2, 0.25) is 5.91 Å². The number of likely N-dealkylation sites (N-methyl/N-ethyl adjacent to an activating group) is 1. The third-order valence-corrected chi connectivity index (χ3v) is 3.17. The monoisotopic (exact) mass is 331 g/mol. The van der Waals surface area contributed by atoms with E-state index in [1.807, 2.05) is 0 Å². The second kappa shape index (κ2) is 6.48. The van der Waals surface area contributed by atoms with Crippen molar-refractivity contribution in [3.63, 3.8) is 0 Å². The lowest BCUT2D eigenvalue weighted by Gasteiger charge is -2.25. The Morgan fingerprint density at radius 1 is 1.47 bits per heavy atom. The van der Waals surface area contributed by atoms with Gasteiger partial charge in [0, 0.05) is 24.5 Å². The highest BCUT2D eigenvalue weighted by molar-refractivity contribution is 9.10. The highest BCUT2D eigenvalue weighted by Gasteiger charge is 2.19. The van der Waals surface area contributed by atoms with Gasteiger partial charge in [-0.1, -0.05) is 22.0 Å². The Morgan fingerprint density at radius 2 is 2.11 bits per heavy atom. The van der Waals surface area contributed by atoms with Gasteiger partial charge < -0.3 is 10.0 Å². The zero-order chi connectivity index (χ0) is 14.6. The molecule has 1 rings (SSSR count). The van der Waals surface area contributed by atoms with E-state index in [1.165, 1.54) is 11.0 Å². The fraction of sp³-hybridized carbons (Fsp3) is 0.500. The summed E-state index contributed by atoms with van der Waals surface area (Å²) < 4.78 is 14.3. The van der Waals surface area contributed by atoms with Crippen molar-refractivity contribution in [2.24, 2.45) is 0 Å². The topological polar surface area (TPSA) is 40.5 Å². The van der Waals surface area contributed by atoms with Crippen LogP contribution in [-0.2, 0) is 11.2 Å². The summed E-state index contributed by atoms with van der Waals surface area (Å²) in [7, 11) is 1.64. The molecular weight excluding hydrogens is 313 g/mol. The molecule has 1 aromatic rings. The predicted octanol–water partition coefficient (Wildman–Crippen LogP) is 2.75. The summed E-state index contributed by atoms with van der Waals surface area (Å²) in [5, 5.41) is 9.64. The van der Waals surface area contributed by atoms with Gasteiger partial charge in [0.05, 0.1) is 5.60 Å². The molecule has 1 N–H and O–H groups in total. The standard InChI is InChI=1S/C14H19BrFNO2/c1-14(2,19)9-17(3)13(18)7-5-10-4-6-11(15)8-12(10)16/h4,6,8,19H,5,7,9H2,1-3H3. The summed E-state index contributed by atoms with van der Waals surface area (Å²) >= 11 is 3.19. The van der Waals surface area contributed by atoms with E-state index >= 15 is 0 Å². The Labute approximate surface area is 121 Å². The first-order valence-corrected chi connectivity index (χ1v) is 6.88. The number of aryl methyl sites for hydroxylation is 1. The number of carbonyl (C=O) groups is 1. The van der Waals surface area contributed by atoms with Gasteiger partial charge in [0.1, 0.15) is 5.82 Å². The zero-order valence-electron chi connectivity index (χ0n) is 11.4. The van der Waals surface area contributed by atoms with E-state index in [0.717, 1.165) is 0 Å². The number of hydrogen-bond donors (Lipinski definition) is 1. The van der Waals surface area contributed by atoms with Gasteiger partial charge in [-0.15, -0.1) is 0 Å². The summed E-state index contributed by atoms with van der Waals surface area (Å²) in [6, 6.07) is 4.81. The van der Waals surface area contributed by atoms with Gasteiger partial charge in [-0.05, 0) is 38.0 Å². The Balaban J connectivity index is 2.54. The van der Waals surface area contributed by atoms with Gasteiger partial charge in [0.15, 0.2) is 0 Å². The molecule has 0 heterocycles. The molecule has 0 saturated carbocycles. The van der Waals surface area contributed by atoms with Gasteiger partial charge in [-0.3, -0.25) is 4.79 Å². The van der Waals surface area contributed by atoms with Crippen LogP contribution < -0.4 is 0 Å². The summed E-state index contributed by atoms with van der Waals surface area (Å²) in [4.78, 5) is 13.3. The molecular formula is C14H19BrFNO2. The molecule has 0 bridgehead atoms. The number of benzene rings is 1. The maximum absolute atomic E-state index is 13.6. The lowest BCUT2D eigenvalue weighted by Crippen LogP contribution is -2.39. The van der Waals surface area contributed by atoms with Gasteiger partial charge in [-0.25, -0.2) is 4.39 Å². The van der Waals surface area contributed by atoms with E-state index in [9.17, 15) is 14.3 Å². The minimum atomic E-state index is -0.923. The van der Waals surface area contributed by atoms with Crippen molar-refractivity contribution in [2.45, 2.75) is 32.3 Å². The summed E-state index contributed by atoms with van der Waals surface area (Å²) in [5.41, 5.74) is -0.402. The van der Waals surface area contributed by atoms with Crippen molar-refractivity contribution in [2.75, 3.05) is 13.6 Å². The van der Waals surface area contributed by atoms with E-state index in [1.54, 1.807) is 33.0 Å². The second-order valence-corrected chi connectivity index (χ2v) is 6.21. The van der Waals surface area contributed by atoms with Gasteiger partial charge in [0.25, 0.3) is 0 Å². The highest BCUT2D eigenvalue weighted by atomic mass is 79.9. The molecule has 0 aliphatic rings. The molecule has 5 heteroatoms. The fourth-order valence-corrected chi connectivity index (χ4v) is 2.16. The molecule has 1 aromatic carbocycles. The average molecular weight is 332 g/mol. The van der Waals surface area contributed by atoms with Crippen molar-refractivity contribution in [1.82, 2.24) is 4.90 Å². The Bertz CT molecular complexity index is 457. The quantitative estimate of drug-likeness (QED) is 0.901. The third-order valence-electron chi connectivity index (χ3n) is 2.67. The predicted molar refractivity (Wildman–Crippen MR) is 76.4 cm³/mol. The molecule has 0 saturated heterocycles. The maximum atomic E-state index is 13.6. The average Bonchev–Trinajstić information content (AvgIpc) is 2.25. The smallest absolute Gasteiger partial charge is 0.222 e. The molecule has 0 fully saturated rings. The van der Waals surface area contributed by atoms with Gasteiger partial charge in [-0.2, -0.15) is 0 Å². The van der Waals surface area contributed by atoms with Crippen LogP contribution in [0.1, 0.15) is 25.8 Å². The molecule has 19 heavy (non-hydrogen) atoms. The molecule has 0 unspecified atom stereocenters.